The van der Waals surface area contributed by atoms with Crippen LogP contribution in [0.25, 0.3) is 0 Å². The average Bonchev–Trinajstić information content (AvgIpc) is 2.78. The fourth-order valence-corrected chi connectivity index (χ4v) is 1.85. The second-order valence-electron chi connectivity index (χ2n) is 4.44. The van der Waals surface area contributed by atoms with Gasteiger partial charge < -0.3 is 15.2 Å². The van der Waals surface area contributed by atoms with Gasteiger partial charge in [0.2, 0.25) is 0 Å². The largest absolute Gasteiger partial charge is 0.497 e. The van der Waals surface area contributed by atoms with Crippen molar-refractivity contribution in [2.75, 3.05) is 12.4 Å². The first kappa shape index (κ1) is 14.6. The number of hydrogen-bond donors (Lipinski definition) is 2. The zero-order chi connectivity index (χ0) is 15.6. The third-order valence-electron chi connectivity index (χ3n) is 3.19. The minimum atomic E-state index is -1.13. The molecule has 0 aliphatic carbocycles. The van der Waals surface area contributed by atoms with Crippen LogP contribution in [0.4, 0.5) is 5.69 Å². The molecule has 2 aromatic rings. The Labute approximate surface area is 121 Å². The van der Waals surface area contributed by atoms with Crippen molar-refractivity contribution in [2.45, 2.75) is 6.92 Å². The van der Waals surface area contributed by atoms with Gasteiger partial charge in [-0.2, -0.15) is 5.10 Å². The van der Waals surface area contributed by atoms with Crippen molar-refractivity contribution in [3.05, 3.63) is 41.2 Å². The van der Waals surface area contributed by atoms with E-state index in [0.29, 0.717) is 17.0 Å². The minimum Gasteiger partial charge on any atom is -0.497 e. The summed E-state index contributed by atoms with van der Waals surface area (Å²) in [6.07, 6.45) is 1.44. The fourth-order valence-electron chi connectivity index (χ4n) is 1.85. The molecule has 0 atom stereocenters. The van der Waals surface area contributed by atoms with Crippen LogP contribution in [-0.4, -0.2) is 33.9 Å². The predicted molar refractivity (Wildman–Crippen MR) is 75.9 cm³/mol. The van der Waals surface area contributed by atoms with Crippen molar-refractivity contribution in [1.29, 1.82) is 0 Å². The summed E-state index contributed by atoms with van der Waals surface area (Å²) in [7, 11) is 3.19. The van der Waals surface area contributed by atoms with E-state index in [4.69, 9.17) is 9.84 Å². The van der Waals surface area contributed by atoms with Crippen LogP contribution < -0.4 is 10.1 Å². The highest BCUT2D eigenvalue weighted by Crippen LogP contribution is 2.23. The Morgan fingerprint density at radius 1 is 1.33 bits per heavy atom. The van der Waals surface area contributed by atoms with Crippen LogP contribution >= 0.6 is 0 Å². The molecule has 0 saturated carbocycles. The first-order valence-electron chi connectivity index (χ1n) is 6.15. The van der Waals surface area contributed by atoms with Crippen molar-refractivity contribution < 1.29 is 19.4 Å². The van der Waals surface area contributed by atoms with E-state index in [1.807, 2.05) is 0 Å². The van der Waals surface area contributed by atoms with Gasteiger partial charge in [0.1, 0.15) is 5.75 Å². The molecule has 0 spiro atoms. The van der Waals surface area contributed by atoms with Gasteiger partial charge in [0, 0.05) is 18.8 Å². The number of aromatic nitrogens is 2. The number of hydrogen-bond acceptors (Lipinski definition) is 4. The Balaban J connectivity index is 2.36. The number of benzene rings is 1. The summed E-state index contributed by atoms with van der Waals surface area (Å²) in [5, 5.41) is 15.7. The van der Waals surface area contributed by atoms with Gasteiger partial charge in [0.25, 0.3) is 5.91 Å². The number of carboxylic acid groups (broad SMARTS) is 1. The molecule has 2 rings (SSSR count). The molecule has 110 valence electrons. The highest BCUT2D eigenvalue weighted by atomic mass is 16.5. The number of methoxy groups -OCH3 is 1. The molecular weight excluding hydrogens is 274 g/mol. The van der Waals surface area contributed by atoms with Crippen LogP contribution in [0.15, 0.2) is 24.4 Å². The van der Waals surface area contributed by atoms with Crippen molar-refractivity contribution in [2.24, 2.45) is 7.05 Å². The predicted octanol–water partition coefficient (Wildman–Crippen LogP) is 1.69. The Hall–Kier alpha value is -2.83. The maximum atomic E-state index is 12.2. The summed E-state index contributed by atoms with van der Waals surface area (Å²) < 4.78 is 6.61. The summed E-state index contributed by atoms with van der Waals surface area (Å²) in [4.78, 5) is 23.4. The molecule has 0 radical (unpaired) electrons. The molecule has 7 heteroatoms. The van der Waals surface area contributed by atoms with Gasteiger partial charge in [-0.05, 0) is 19.1 Å². The number of amides is 1. The lowest BCUT2D eigenvalue weighted by Crippen LogP contribution is -2.15. The van der Waals surface area contributed by atoms with Gasteiger partial charge in [-0.15, -0.1) is 0 Å². The number of carbonyl (C=O) groups excluding carboxylic acids is 1. The molecule has 0 bridgehead atoms. The van der Waals surface area contributed by atoms with E-state index in [-0.39, 0.29) is 11.3 Å². The molecule has 0 saturated heterocycles. The molecule has 1 aromatic carbocycles. The molecule has 2 N–H and O–H groups in total. The van der Waals surface area contributed by atoms with Crippen LogP contribution in [0.1, 0.15) is 26.4 Å². The maximum absolute atomic E-state index is 12.2. The molecule has 0 aliphatic heterocycles. The van der Waals surface area contributed by atoms with Gasteiger partial charge in [0.05, 0.1) is 30.1 Å². The highest BCUT2D eigenvalue weighted by Gasteiger charge is 2.17. The smallest absolute Gasteiger partial charge is 0.337 e. The van der Waals surface area contributed by atoms with Gasteiger partial charge in [0.15, 0.2) is 0 Å². The molecule has 7 nitrogen and oxygen atoms in total. The Kier molecular flexibility index (Phi) is 3.93. The normalized spacial score (nSPS) is 10.2. The Bertz CT molecular complexity index is 706. The van der Waals surface area contributed by atoms with Crippen molar-refractivity contribution in [3.63, 3.8) is 0 Å². The lowest BCUT2D eigenvalue weighted by Gasteiger charge is -2.10. The van der Waals surface area contributed by atoms with E-state index in [1.165, 1.54) is 31.5 Å². The summed E-state index contributed by atoms with van der Waals surface area (Å²) in [6, 6.07) is 4.37. The topological polar surface area (TPSA) is 93.4 Å². The average molecular weight is 289 g/mol. The van der Waals surface area contributed by atoms with Gasteiger partial charge >= 0.3 is 5.97 Å². The molecular formula is C14H15N3O4. The number of nitrogens with one attached hydrogen (secondary N) is 1. The number of aryl methyl sites for hydroxylation is 1. The van der Waals surface area contributed by atoms with Crippen LogP contribution in [0.5, 0.6) is 5.75 Å². The second-order valence-corrected chi connectivity index (χ2v) is 4.44. The Morgan fingerprint density at radius 2 is 2.05 bits per heavy atom. The standard InChI is InChI=1S/C14H15N3O4/c1-8-11(7-15-17(8)2)13(18)16-12-6-9(21-3)4-5-10(12)14(19)20/h4-7H,1-3H3,(H,16,18)(H,19,20). The first-order chi connectivity index (χ1) is 9.93. The molecule has 1 heterocycles. The fraction of sp³-hybridized carbons (Fsp3) is 0.214. The third-order valence-corrected chi connectivity index (χ3v) is 3.19. The maximum Gasteiger partial charge on any atom is 0.337 e. The summed E-state index contributed by atoms with van der Waals surface area (Å²) in [5.74, 6) is -1.09. The molecule has 0 aliphatic rings. The van der Waals surface area contributed by atoms with Crippen molar-refractivity contribution >= 4 is 17.6 Å². The van der Waals surface area contributed by atoms with Crippen molar-refractivity contribution in [3.8, 4) is 5.75 Å². The van der Waals surface area contributed by atoms with Crippen molar-refractivity contribution in [1.82, 2.24) is 9.78 Å². The van der Waals surface area contributed by atoms with Crippen LogP contribution in [-0.2, 0) is 7.05 Å². The molecule has 1 amide bonds. The number of aromatic carboxylic acids is 1. The Morgan fingerprint density at radius 3 is 2.57 bits per heavy atom. The number of carbonyl (C=O) groups is 2. The monoisotopic (exact) mass is 289 g/mol. The van der Waals surface area contributed by atoms with E-state index < -0.39 is 11.9 Å². The van der Waals surface area contributed by atoms with Crippen LogP contribution in [0.3, 0.4) is 0 Å². The van der Waals surface area contributed by atoms with Crippen LogP contribution in [0, 0.1) is 6.92 Å². The molecule has 0 unspecified atom stereocenters. The lowest BCUT2D eigenvalue weighted by atomic mass is 10.1. The van der Waals surface area contributed by atoms with E-state index in [2.05, 4.69) is 10.4 Å². The molecule has 1 aromatic heterocycles. The summed E-state index contributed by atoms with van der Waals surface area (Å²) >= 11 is 0. The quantitative estimate of drug-likeness (QED) is 0.893. The highest BCUT2D eigenvalue weighted by molar-refractivity contribution is 6.08. The van der Waals surface area contributed by atoms with Gasteiger partial charge in [-0.3, -0.25) is 9.48 Å². The number of nitrogens with zero attached hydrogens (tertiary/aromatic N) is 2. The SMILES string of the molecule is COc1ccc(C(=O)O)c(NC(=O)c2cnn(C)c2C)c1. The third kappa shape index (κ3) is 2.86. The van der Waals surface area contributed by atoms with Crippen LogP contribution in [0.2, 0.25) is 0 Å². The first-order valence-corrected chi connectivity index (χ1v) is 6.15. The molecule has 0 fully saturated rings. The van der Waals surface area contributed by atoms with E-state index in [9.17, 15) is 9.59 Å². The number of anilines is 1. The lowest BCUT2D eigenvalue weighted by molar-refractivity contribution is 0.0698. The molecule has 21 heavy (non-hydrogen) atoms. The zero-order valence-electron chi connectivity index (χ0n) is 11.9. The van der Waals surface area contributed by atoms with E-state index in [0.717, 1.165) is 0 Å². The second kappa shape index (κ2) is 5.66. The van der Waals surface area contributed by atoms with E-state index in [1.54, 1.807) is 18.7 Å². The number of ether oxygens (including phenoxy) is 1. The zero-order valence-corrected chi connectivity index (χ0v) is 11.9. The minimum absolute atomic E-state index is 0.00862. The summed E-state index contributed by atoms with van der Waals surface area (Å²) in [5.41, 5.74) is 1.24. The van der Waals surface area contributed by atoms with Gasteiger partial charge in [-0.1, -0.05) is 0 Å². The van der Waals surface area contributed by atoms with E-state index >= 15 is 0 Å². The number of rotatable bonds is 4. The van der Waals surface area contributed by atoms with Gasteiger partial charge in [-0.25, -0.2) is 4.79 Å². The summed E-state index contributed by atoms with van der Waals surface area (Å²) in [6.45, 7) is 1.76. The number of carboxylic acids is 1.